The molecule has 84 heavy (non-hydrogen) atoms. The average molecular weight is 1180 g/mol. The Balaban J connectivity index is 4.19. The fraction of sp³-hybridized carbons (Fsp3) is 0.595. The number of nitrogens with zero attached hydrogens (tertiary/aromatic N) is 1. The Kier molecular flexibility index (Phi) is 59.4. The molecule has 0 radical (unpaired) electrons. The van der Waals surface area contributed by atoms with Crippen molar-refractivity contribution in [1.82, 2.24) is 0 Å². The summed E-state index contributed by atoms with van der Waals surface area (Å²) in [6.07, 6.45) is 95.5. The predicted molar refractivity (Wildman–Crippen MR) is 360 cm³/mol. The zero-order valence-corrected chi connectivity index (χ0v) is 54.7. The third kappa shape index (κ3) is 66.5. The van der Waals surface area contributed by atoms with Crippen molar-refractivity contribution in [2.45, 2.75) is 238 Å². The molecule has 474 valence electrons. The molecular weight excluding hydrogens is 1060 g/mol. The Morgan fingerprint density at radius 1 is 0.369 bits per heavy atom. The van der Waals surface area contributed by atoms with Gasteiger partial charge in [-0.15, -0.1) is 0 Å². The molecule has 0 amide bonds. The van der Waals surface area contributed by atoms with Crippen LogP contribution in [0.25, 0.3) is 0 Å². The minimum Gasteiger partial charge on any atom is -0.756 e. The van der Waals surface area contributed by atoms with E-state index >= 15 is 0 Å². The van der Waals surface area contributed by atoms with Crippen molar-refractivity contribution in [2.75, 3.05) is 47.5 Å². The van der Waals surface area contributed by atoms with Crippen LogP contribution in [0.2, 0.25) is 0 Å². The summed E-state index contributed by atoms with van der Waals surface area (Å²) >= 11 is 0. The summed E-state index contributed by atoms with van der Waals surface area (Å²) in [5.41, 5.74) is 0. The molecule has 2 atom stereocenters. The van der Waals surface area contributed by atoms with E-state index in [1.807, 2.05) is 21.1 Å². The lowest BCUT2D eigenvalue weighted by Crippen LogP contribution is -2.37. The van der Waals surface area contributed by atoms with Gasteiger partial charge in [-0.25, -0.2) is 0 Å². The Bertz CT molecular complexity index is 2020. The van der Waals surface area contributed by atoms with E-state index in [1.165, 1.54) is 38.5 Å². The van der Waals surface area contributed by atoms with Crippen LogP contribution in [0.5, 0.6) is 0 Å². The Morgan fingerprint density at radius 3 is 0.952 bits per heavy atom. The molecule has 0 heterocycles. The summed E-state index contributed by atoms with van der Waals surface area (Å²) in [6.45, 7) is 3.97. The van der Waals surface area contributed by atoms with Gasteiger partial charge in [0.05, 0.1) is 27.7 Å². The molecule has 0 N–H and O–H groups in total. The lowest BCUT2D eigenvalue weighted by molar-refractivity contribution is -0.870. The lowest BCUT2D eigenvalue weighted by atomic mass is 10.0. The maximum Gasteiger partial charge on any atom is 0.306 e. The van der Waals surface area contributed by atoms with E-state index in [0.717, 1.165) is 154 Å². The number of esters is 2. The zero-order chi connectivity index (χ0) is 61.2. The fourth-order valence-electron chi connectivity index (χ4n) is 8.26. The molecule has 0 aliphatic carbocycles. The van der Waals surface area contributed by atoms with E-state index in [1.54, 1.807) is 0 Å². The molecule has 0 aromatic rings. The Hall–Kier alpha value is -4.63. The highest BCUT2D eigenvalue weighted by Gasteiger charge is 2.22. The number of unbranched alkanes of at least 4 members (excludes halogenated alkanes) is 16. The molecule has 2 unspecified atom stereocenters. The van der Waals surface area contributed by atoms with Gasteiger partial charge < -0.3 is 27.9 Å². The summed E-state index contributed by atoms with van der Waals surface area (Å²) in [5, 5.41) is 0. The molecule has 0 aliphatic rings. The first kappa shape index (κ1) is 79.4. The van der Waals surface area contributed by atoms with Crippen LogP contribution in [0.1, 0.15) is 232 Å². The average Bonchev–Trinajstić information content (AvgIpc) is 3.61. The molecule has 0 saturated heterocycles. The Morgan fingerprint density at radius 2 is 0.643 bits per heavy atom. The van der Waals surface area contributed by atoms with Gasteiger partial charge in [0.1, 0.15) is 19.8 Å². The lowest BCUT2D eigenvalue weighted by Gasteiger charge is -2.28. The topological polar surface area (TPSA) is 111 Å². The van der Waals surface area contributed by atoms with Crippen LogP contribution < -0.4 is 4.89 Å². The minimum absolute atomic E-state index is 0.0438. The molecule has 9 nitrogen and oxygen atoms in total. The second-order valence-corrected chi connectivity index (χ2v) is 23.8. The van der Waals surface area contributed by atoms with E-state index < -0.39 is 32.5 Å². The van der Waals surface area contributed by atoms with Crippen LogP contribution in [0, 0.1) is 0 Å². The molecule has 0 fully saturated rings. The predicted octanol–water partition coefficient (Wildman–Crippen LogP) is 20.7. The van der Waals surface area contributed by atoms with Gasteiger partial charge in [-0.1, -0.05) is 261 Å². The molecule has 0 aliphatic heterocycles. The van der Waals surface area contributed by atoms with Gasteiger partial charge in [0.15, 0.2) is 6.10 Å². The van der Waals surface area contributed by atoms with Crippen molar-refractivity contribution in [3.05, 3.63) is 170 Å². The number of ether oxygens (including phenoxy) is 2. The number of likely N-dealkylation sites (N-methyl/N-ethyl adjacent to an activating group) is 1. The van der Waals surface area contributed by atoms with Crippen LogP contribution in [0.4, 0.5) is 0 Å². The van der Waals surface area contributed by atoms with E-state index in [0.29, 0.717) is 23.9 Å². The molecule has 0 aromatic carbocycles. The maximum absolute atomic E-state index is 12.9. The highest BCUT2D eigenvalue weighted by molar-refractivity contribution is 7.45. The minimum atomic E-state index is -4.66. The second kappa shape index (κ2) is 62.9. The van der Waals surface area contributed by atoms with E-state index in [-0.39, 0.29) is 26.1 Å². The number of quaternary nitrogens is 1. The highest BCUT2D eigenvalue weighted by Crippen LogP contribution is 2.38. The smallest absolute Gasteiger partial charge is 0.306 e. The van der Waals surface area contributed by atoms with Crippen LogP contribution in [0.3, 0.4) is 0 Å². The number of allylic oxidation sites excluding steroid dienone is 28. The number of hydrogen-bond acceptors (Lipinski definition) is 8. The van der Waals surface area contributed by atoms with Crippen LogP contribution >= 0.6 is 7.82 Å². The van der Waals surface area contributed by atoms with E-state index in [2.05, 4.69) is 184 Å². The largest absolute Gasteiger partial charge is 0.756 e. The van der Waals surface area contributed by atoms with Crippen LogP contribution in [0.15, 0.2) is 170 Å². The quantitative estimate of drug-likeness (QED) is 0.0195. The molecule has 0 bridgehead atoms. The van der Waals surface area contributed by atoms with Crippen molar-refractivity contribution in [3.8, 4) is 0 Å². The van der Waals surface area contributed by atoms with Gasteiger partial charge in [0.2, 0.25) is 0 Å². The molecule has 0 saturated carbocycles. The SMILES string of the molecule is CC/C=C\C/C=C\C/C=C\C/C=C\C/C=C\C/C=C\C/C=C\C/C=C\CCCCCCCCCCCCC(=O)OC(COC(=O)CCCCCCCC/C=C\C/C=C\C/C=C\C/C=C\C/C=C\C/C=C\CC)COP(=O)([O-])OCC[N+](C)(C)C. The van der Waals surface area contributed by atoms with Crippen LogP contribution in [-0.2, 0) is 32.7 Å². The normalized spacial score (nSPS) is 14.3. The standard InChI is InChI=1S/C74H120NO8P/c1-6-8-10-12-14-16-18-20-22-24-26-28-30-32-33-34-35-36-37-38-39-40-41-43-45-47-49-51-53-55-57-59-61-63-65-67-74(77)83-72(71-82-84(78,79)81-69-68-75(3,4)5)70-80-73(76)66-64-62-60-58-56-54-52-50-48-46-44-42-31-29-27-25-23-21-19-17-15-13-11-9-7-2/h8-11,14-17,20-23,26-29,32-33,35-36,38-39,41-44,48,50,72H,6-7,12-13,18-19,24-25,30-31,34,37,40,45-47,49,51-71H2,1-5H3/b10-8-,11-9-,16-14-,17-15-,22-20-,23-21-,28-26-,29-27-,33-32-,36-35-,39-38-,43-41-,44-42-,50-48-. The first-order chi connectivity index (χ1) is 41.0. The van der Waals surface area contributed by atoms with Gasteiger partial charge in [-0.2, -0.15) is 0 Å². The highest BCUT2D eigenvalue weighted by atomic mass is 31.2. The maximum atomic E-state index is 12.9. The summed E-state index contributed by atoms with van der Waals surface area (Å²) in [7, 11) is 1.13. The van der Waals surface area contributed by atoms with Gasteiger partial charge in [-0.05, 0) is 128 Å². The second-order valence-electron chi connectivity index (χ2n) is 22.4. The van der Waals surface area contributed by atoms with Crippen molar-refractivity contribution >= 4 is 19.8 Å². The van der Waals surface area contributed by atoms with Crippen molar-refractivity contribution in [1.29, 1.82) is 0 Å². The first-order valence-corrected chi connectivity index (χ1v) is 34.3. The van der Waals surface area contributed by atoms with Gasteiger partial charge in [0.25, 0.3) is 7.82 Å². The third-order valence-electron chi connectivity index (χ3n) is 13.2. The number of hydrogen-bond donors (Lipinski definition) is 0. The molecule has 0 spiro atoms. The summed E-state index contributed by atoms with van der Waals surface area (Å²) < 4.78 is 34.2. The molecule has 0 rings (SSSR count). The van der Waals surface area contributed by atoms with E-state index in [4.69, 9.17) is 18.5 Å². The monoisotopic (exact) mass is 1180 g/mol. The summed E-state index contributed by atoms with van der Waals surface area (Å²) in [4.78, 5) is 38.0. The number of phosphoric ester groups is 1. The molecular formula is C74H120NO8P. The fourth-order valence-corrected chi connectivity index (χ4v) is 8.99. The van der Waals surface area contributed by atoms with E-state index in [9.17, 15) is 19.0 Å². The zero-order valence-electron chi connectivity index (χ0n) is 53.8. The number of carbonyl (C=O) groups is 2. The Labute approximate surface area is 515 Å². The van der Waals surface area contributed by atoms with Gasteiger partial charge >= 0.3 is 11.9 Å². The third-order valence-corrected chi connectivity index (χ3v) is 14.2. The molecule has 0 aromatic heterocycles. The first-order valence-electron chi connectivity index (χ1n) is 32.8. The van der Waals surface area contributed by atoms with Gasteiger partial charge in [0, 0.05) is 12.8 Å². The van der Waals surface area contributed by atoms with Crippen molar-refractivity contribution in [2.24, 2.45) is 0 Å². The number of carbonyl (C=O) groups excluding carboxylic acids is 2. The molecule has 10 heteroatoms. The van der Waals surface area contributed by atoms with Crippen LogP contribution in [-0.4, -0.2) is 70.0 Å². The summed E-state index contributed by atoms with van der Waals surface area (Å²) in [6, 6.07) is 0. The number of rotatable bonds is 58. The summed E-state index contributed by atoms with van der Waals surface area (Å²) in [5.74, 6) is -0.867. The van der Waals surface area contributed by atoms with Crippen molar-refractivity contribution in [3.63, 3.8) is 0 Å². The van der Waals surface area contributed by atoms with Gasteiger partial charge in [-0.3, -0.25) is 14.2 Å². The van der Waals surface area contributed by atoms with Crippen molar-refractivity contribution < 1.29 is 42.1 Å². The number of phosphoric acid groups is 1.